The summed E-state index contributed by atoms with van der Waals surface area (Å²) in [7, 11) is -3.55. The maximum atomic E-state index is 11.1. The van der Waals surface area contributed by atoms with Gasteiger partial charge < -0.3 is 9.05 Å². The van der Waals surface area contributed by atoms with E-state index in [0.717, 1.165) is 0 Å². The van der Waals surface area contributed by atoms with Crippen molar-refractivity contribution in [2.75, 3.05) is 0 Å². The van der Waals surface area contributed by atoms with Crippen LogP contribution in [0.2, 0.25) is 0 Å². The van der Waals surface area contributed by atoms with Crippen molar-refractivity contribution < 1.29 is 13.6 Å². The molecule has 0 radical (unpaired) electrons. The summed E-state index contributed by atoms with van der Waals surface area (Å²) in [6, 6.07) is 0. The summed E-state index contributed by atoms with van der Waals surface area (Å²) in [4.78, 5) is 0. The molecule has 0 rings (SSSR count). The zero-order chi connectivity index (χ0) is 9.07. The highest BCUT2D eigenvalue weighted by Gasteiger charge is 2.04. The van der Waals surface area contributed by atoms with Crippen LogP contribution < -0.4 is 0 Å². The van der Waals surface area contributed by atoms with E-state index in [1.165, 1.54) is 0 Å². The first kappa shape index (κ1) is 8.25. The molecule has 0 fully saturated rings. The van der Waals surface area contributed by atoms with E-state index in [1.54, 1.807) is 27.7 Å². The lowest BCUT2D eigenvalue weighted by Crippen LogP contribution is -2.00. The maximum absolute atomic E-state index is 11.1. The molecule has 62 valence electrons. The van der Waals surface area contributed by atoms with Crippen molar-refractivity contribution in [1.29, 1.82) is 1.28 Å². The van der Waals surface area contributed by atoms with Gasteiger partial charge in [-0.1, -0.05) is 0 Å². The van der Waals surface area contributed by atoms with Crippen LogP contribution in [0.3, 0.4) is 0 Å². The predicted octanol–water partition coefficient (Wildman–Crippen LogP) is 2.23. The molecule has 0 aromatic carbocycles. The highest BCUT2D eigenvalue weighted by Crippen LogP contribution is 2.27. The number of rotatable bonds is 4. The van der Waals surface area contributed by atoms with Crippen molar-refractivity contribution >= 4 is 8.20 Å². The van der Waals surface area contributed by atoms with Gasteiger partial charge in [-0.2, -0.15) is 0 Å². The van der Waals surface area contributed by atoms with Crippen LogP contribution in [0.15, 0.2) is 0 Å². The van der Waals surface area contributed by atoms with Crippen molar-refractivity contribution in [3.63, 3.8) is 0 Å². The normalized spacial score (nSPS) is 14.4. The summed E-state index contributed by atoms with van der Waals surface area (Å²) in [5, 5.41) is 0. The summed E-state index contributed by atoms with van der Waals surface area (Å²) in [5.41, 5.74) is 0. The van der Waals surface area contributed by atoms with Crippen LogP contribution >= 0.6 is 8.20 Å². The zero-order valence-electron chi connectivity index (χ0n) is 7.83. The molecule has 0 amide bonds. The van der Waals surface area contributed by atoms with Crippen LogP contribution in [-0.4, -0.2) is 13.5 Å². The van der Waals surface area contributed by atoms with Gasteiger partial charge in [-0.05, 0) is 27.7 Å². The van der Waals surface area contributed by atoms with Gasteiger partial charge in [-0.3, -0.25) is 4.57 Å². The summed E-state index contributed by atoms with van der Waals surface area (Å²) in [6.45, 7) is 6.85. The molecule has 4 heteroatoms. The highest BCUT2D eigenvalue weighted by atomic mass is 31.1. The van der Waals surface area contributed by atoms with Crippen LogP contribution in [0.5, 0.6) is 0 Å². The SMILES string of the molecule is [2H]P(=O)(OC(C)C)OC(C)C. The van der Waals surface area contributed by atoms with E-state index in [2.05, 4.69) is 0 Å². The zero-order valence-corrected chi connectivity index (χ0v) is 7.72. The molecule has 0 heterocycles. The lowest BCUT2D eigenvalue weighted by atomic mass is 10.5. The van der Waals surface area contributed by atoms with E-state index >= 15 is 0 Å². The molecule has 0 aliphatic rings. The van der Waals surface area contributed by atoms with E-state index in [9.17, 15) is 4.57 Å². The van der Waals surface area contributed by atoms with Crippen molar-refractivity contribution in [3.05, 3.63) is 0 Å². The molecular weight excluding hydrogens is 151 g/mol. The van der Waals surface area contributed by atoms with Crippen molar-refractivity contribution in [2.24, 2.45) is 0 Å². The van der Waals surface area contributed by atoms with Gasteiger partial charge in [0.15, 0.2) is 1.28 Å². The van der Waals surface area contributed by atoms with Gasteiger partial charge in [0.1, 0.15) is 0 Å². The number of hydrogen-bond donors (Lipinski definition) is 0. The first-order chi connectivity index (χ1) is 4.83. The molecule has 0 spiro atoms. The van der Waals surface area contributed by atoms with E-state index in [4.69, 9.17) is 10.3 Å². The largest absolute Gasteiger partial charge is 0.319 e. The van der Waals surface area contributed by atoms with Crippen LogP contribution in [0, 0.1) is 0 Å². The Morgan fingerprint density at radius 1 is 1.20 bits per heavy atom. The third-order valence-corrected chi connectivity index (χ3v) is 1.78. The van der Waals surface area contributed by atoms with Gasteiger partial charge in [-0.15, -0.1) is 0 Å². The third-order valence-electron chi connectivity index (χ3n) is 0.594. The van der Waals surface area contributed by atoms with Crippen LogP contribution in [-0.2, 0) is 13.6 Å². The van der Waals surface area contributed by atoms with Crippen LogP contribution in [0.4, 0.5) is 0 Å². The average molecular weight is 167 g/mol. The lowest BCUT2D eigenvalue weighted by Gasteiger charge is -2.09. The molecule has 0 bridgehead atoms. The standard InChI is InChI=1S/C6H15O3P/c1-5(2)8-10(7)9-6(3)4/h5-6,10H,1-4H3/i10D. The van der Waals surface area contributed by atoms with Gasteiger partial charge in [0, 0.05) is 0 Å². The molecule has 0 unspecified atom stereocenters. The smallest absolute Gasteiger partial charge is 0.308 e. The minimum atomic E-state index is -3.55. The molecular formula is C6H15O3P. The van der Waals surface area contributed by atoms with E-state index in [1.807, 2.05) is 0 Å². The highest BCUT2D eigenvalue weighted by molar-refractivity contribution is 7.33. The minimum absolute atomic E-state index is 0.239. The molecule has 0 atom stereocenters. The van der Waals surface area contributed by atoms with Gasteiger partial charge in [-0.25, -0.2) is 0 Å². The van der Waals surface area contributed by atoms with Crippen molar-refractivity contribution in [1.82, 2.24) is 0 Å². The van der Waals surface area contributed by atoms with Crippen molar-refractivity contribution in [2.45, 2.75) is 39.9 Å². The molecule has 0 aromatic rings. The second-order valence-electron chi connectivity index (χ2n) is 2.53. The van der Waals surface area contributed by atoms with E-state index in [-0.39, 0.29) is 12.2 Å². The van der Waals surface area contributed by atoms with E-state index < -0.39 is 8.20 Å². The van der Waals surface area contributed by atoms with Gasteiger partial charge in [0.05, 0.1) is 12.2 Å². The predicted molar refractivity (Wildman–Crippen MR) is 41.4 cm³/mol. The average Bonchev–Trinajstić information content (AvgIpc) is 1.53. The van der Waals surface area contributed by atoms with Crippen LogP contribution in [0.25, 0.3) is 0 Å². The second-order valence-corrected chi connectivity index (χ2v) is 3.40. The fourth-order valence-corrected chi connectivity index (χ4v) is 1.11. The quantitative estimate of drug-likeness (QED) is 0.602. The molecule has 0 saturated heterocycles. The summed E-state index contributed by atoms with van der Waals surface area (Å²) < 4.78 is 27.7. The summed E-state index contributed by atoms with van der Waals surface area (Å²) in [6.07, 6.45) is -0.478. The Morgan fingerprint density at radius 2 is 1.50 bits per heavy atom. The molecule has 0 aliphatic heterocycles. The summed E-state index contributed by atoms with van der Waals surface area (Å²) in [5.74, 6) is 0. The van der Waals surface area contributed by atoms with Gasteiger partial charge in [0.2, 0.25) is 0 Å². The Bertz CT molecular complexity index is 144. The molecule has 10 heavy (non-hydrogen) atoms. The van der Waals surface area contributed by atoms with Crippen LogP contribution in [0.1, 0.15) is 27.7 Å². The fourth-order valence-electron chi connectivity index (χ4n) is 0.369. The number of hydrogen-bond acceptors (Lipinski definition) is 3. The van der Waals surface area contributed by atoms with Gasteiger partial charge >= 0.3 is 8.20 Å². The van der Waals surface area contributed by atoms with E-state index in [0.29, 0.717) is 0 Å². The molecule has 0 saturated carbocycles. The third kappa shape index (κ3) is 6.27. The molecule has 0 aromatic heterocycles. The topological polar surface area (TPSA) is 35.5 Å². The van der Waals surface area contributed by atoms with Crippen molar-refractivity contribution in [3.8, 4) is 0 Å². The molecule has 3 nitrogen and oxygen atoms in total. The second kappa shape index (κ2) is 4.89. The fraction of sp³-hybridized carbons (Fsp3) is 1.00. The first-order valence-electron chi connectivity index (χ1n) is 3.78. The first-order valence-corrected chi connectivity index (χ1v) is 4.42. The summed E-state index contributed by atoms with van der Waals surface area (Å²) >= 11 is 0. The Hall–Kier alpha value is 0.150. The Balaban J connectivity index is 3.91. The Kier molecular flexibility index (Phi) is 4.03. The van der Waals surface area contributed by atoms with Gasteiger partial charge in [0.25, 0.3) is 0 Å². The Labute approximate surface area is 64.0 Å². The Morgan fingerprint density at radius 3 is 1.70 bits per heavy atom. The minimum Gasteiger partial charge on any atom is -0.308 e. The maximum Gasteiger partial charge on any atom is 0.319 e. The molecule has 0 N–H and O–H groups in total. The molecule has 0 aliphatic carbocycles. The lowest BCUT2D eigenvalue weighted by molar-refractivity contribution is 0.161. The monoisotopic (exact) mass is 167 g/mol.